The van der Waals surface area contributed by atoms with E-state index in [9.17, 15) is 14.9 Å². The van der Waals surface area contributed by atoms with Gasteiger partial charge >= 0.3 is 0 Å². The molecular weight excluding hydrogens is 270 g/mol. The van der Waals surface area contributed by atoms with Crippen molar-refractivity contribution in [3.8, 4) is 5.75 Å². The molecule has 2 aromatic rings. The van der Waals surface area contributed by atoms with E-state index in [1.807, 2.05) is 6.07 Å². The summed E-state index contributed by atoms with van der Waals surface area (Å²) in [5.74, 6) is 0.355. The van der Waals surface area contributed by atoms with Crippen LogP contribution in [0.15, 0.2) is 42.5 Å². The number of nitro groups is 1. The van der Waals surface area contributed by atoms with Gasteiger partial charge in [-0.25, -0.2) is 0 Å². The Morgan fingerprint density at radius 3 is 2.43 bits per heavy atom. The molecule has 0 amide bonds. The van der Waals surface area contributed by atoms with Gasteiger partial charge in [0, 0.05) is 17.2 Å². The molecule has 0 aliphatic heterocycles. The fraction of sp³-hybridized carbons (Fsp3) is 0.188. The number of Topliss-reactive ketones (excluding diaryl/α,β-unsaturated/α-hetero) is 1. The van der Waals surface area contributed by atoms with Gasteiger partial charge in [-0.2, -0.15) is 0 Å². The molecule has 0 atom stereocenters. The largest absolute Gasteiger partial charge is 0.485 e. The van der Waals surface area contributed by atoms with E-state index in [1.165, 1.54) is 6.07 Å². The summed E-state index contributed by atoms with van der Waals surface area (Å²) in [5, 5.41) is 10.8. The van der Waals surface area contributed by atoms with Gasteiger partial charge in [-0.3, -0.25) is 14.9 Å². The number of ether oxygens (including phenoxy) is 1. The molecule has 2 aromatic carbocycles. The van der Waals surface area contributed by atoms with Crippen LogP contribution in [0, 0.1) is 24.0 Å². The van der Waals surface area contributed by atoms with Crippen LogP contribution in [0.3, 0.4) is 0 Å². The molecule has 0 unspecified atom stereocenters. The molecule has 0 aliphatic rings. The smallest absolute Gasteiger partial charge is 0.272 e. The minimum absolute atomic E-state index is 0.0502. The van der Waals surface area contributed by atoms with Gasteiger partial charge in [0.05, 0.1) is 4.92 Å². The number of aryl methyl sites for hydroxylation is 2. The van der Waals surface area contributed by atoms with E-state index in [2.05, 4.69) is 0 Å². The van der Waals surface area contributed by atoms with Crippen LogP contribution in [0.25, 0.3) is 0 Å². The Kier molecular flexibility index (Phi) is 4.33. The van der Waals surface area contributed by atoms with Gasteiger partial charge in [-0.1, -0.05) is 30.3 Å². The second-order valence-electron chi connectivity index (χ2n) is 4.74. The highest BCUT2D eigenvalue weighted by Crippen LogP contribution is 2.27. The first kappa shape index (κ1) is 14.7. The van der Waals surface area contributed by atoms with Gasteiger partial charge in [0.2, 0.25) is 0 Å². The molecule has 108 valence electrons. The minimum Gasteiger partial charge on any atom is -0.485 e. The van der Waals surface area contributed by atoms with Crippen molar-refractivity contribution in [3.05, 3.63) is 69.3 Å². The Hall–Kier alpha value is -2.69. The van der Waals surface area contributed by atoms with Gasteiger partial charge in [0.1, 0.15) is 5.75 Å². The van der Waals surface area contributed by atoms with Crippen molar-refractivity contribution < 1.29 is 14.5 Å². The summed E-state index contributed by atoms with van der Waals surface area (Å²) in [5.41, 5.74) is 1.77. The minimum atomic E-state index is -0.429. The highest BCUT2D eigenvalue weighted by atomic mass is 16.6. The number of hydrogen-bond acceptors (Lipinski definition) is 4. The Morgan fingerprint density at radius 2 is 1.81 bits per heavy atom. The van der Waals surface area contributed by atoms with Crippen molar-refractivity contribution in [1.29, 1.82) is 0 Å². The Labute approximate surface area is 122 Å². The second kappa shape index (κ2) is 6.17. The fourth-order valence-corrected chi connectivity index (χ4v) is 1.98. The summed E-state index contributed by atoms with van der Waals surface area (Å²) < 4.78 is 5.50. The van der Waals surface area contributed by atoms with E-state index in [1.54, 1.807) is 44.2 Å². The lowest BCUT2D eigenvalue weighted by molar-refractivity contribution is -0.385. The van der Waals surface area contributed by atoms with E-state index in [-0.39, 0.29) is 18.1 Å². The number of carbonyl (C=O) groups excluding carboxylic acids is 1. The molecule has 0 radical (unpaired) electrons. The van der Waals surface area contributed by atoms with E-state index >= 15 is 0 Å². The Morgan fingerprint density at radius 1 is 1.14 bits per heavy atom. The zero-order valence-corrected chi connectivity index (χ0v) is 11.8. The molecule has 0 aliphatic carbocycles. The number of rotatable bonds is 5. The third-order valence-corrected chi connectivity index (χ3v) is 3.14. The van der Waals surface area contributed by atoms with Crippen LogP contribution in [0.4, 0.5) is 5.69 Å². The Balaban J connectivity index is 2.12. The van der Waals surface area contributed by atoms with E-state index in [4.69, 9.17) is 4.74 Å². The van der Waals surface area contributed by atoms with Gasteiger partial charge in [-0.05, 0) is 25.5 Å². The summed E-state index contributed by atoms with van der Waals surface area (Å²) in [6, 6.07) is 11.9. The van der Waals surface area contributed by atoms with E-state index in [0.717, 1.165) is 0 Å². The lowest BCUT2D eigenvalue weighted by Crippen LogP contribution is -2.12. The molecular formula is C16H15NO4. The predicted molar refractivity (Wildman–Crippen MR) is 78.8 cm³/mol. The highest BCUT2D eigenvalue weighted by molar-refractivity contribution is 5.97. The maximum absolute atomic E-state index is 12.0. The first-order chi connectivity index (χ1) is 9.99. The average molecular weight is 285 g/mol. The summed E-state index contributed by atoms with van der Waals surface area (Å²) in [7, 11) is 0. The summed E-state index contributed by atoms with van der Waals surface area (Å²) in [6.45, 7) is 3.26. The van der Waals surface area contributed by atoms with Gasteiger partial charge < -0.3 is 4.74 Å². The first-order valence-corrected chi connectivity index (χ1v) is 6.45. The molecule has 0 heterocycles. The molecule has 5 heteroatoms. The van der Waals surface area contributed by atoms with Crippen LogP contribution < -0.4 is 4.74 Å². The van der Waals surface area contributed by atoms with Crippen molar-refractivity contribution in [1.82, 2.24) is 0 Å². The highest BCUT2D eigenvalue weighted by Gasteiger charge is 2.15. The summed E-state index contributed by atoms with van der Waals surface area (Å²) >= 11 is 0. The maximum atomic E-state index is 12.0. The zero-order chi connectivity index (χ0) is 15.4. The first-order valence-electron chi connectivity index (χ1n) is 6.45. The standard InChI is InChI=1S/C16H15NO4/c1-11-9-16(12(2)8-14(11)17(19)20)21-10-15(18)13-6-4-3-5-7-13/h3-9H,10H2,1-2H3. The topological polar surface area (TPSA) is 69.4 Å². The van der Waals surface area contributed by atoms with E-state index < -0.39 is 4.92 Å². The number of nitrogens with zero attached hydrogens (tertiary/aromatic N) is 1. The molecule has 21 heavy (non-hydrogen) atoms. The lowest BCUT2D eigenvalue weighted by Gasteiger charge is -2.10. The number of nitro benzene ring substituents is 1. The molecule has 0 aromatic heterocycles. The Bertz CT molecular complexity index is 680. The summed E-state index contributed by atoms with van der Waals surface area (Å²) in [4.78, 5) is 22.4. The van der Waals surface area contributed by atoms with Crippen molar-refractivity contribution in [3.63, 3.8) is 0 Å². The molecule has 0 saturated heterocycles. The van der Waals surface area contributed by atoms with Crippen LogP contribution in [0.1, 0.15) is 21.5 Å². The number of carbonyl (C=O) groups is 1. The van der Waals surface area contributed by atoms with Crippen LogP contribution in [0.2, 0.25) is 0 Å². The molecule has 0 fully saturated rings. The molecule has 5 nitrogen and oxygen atoms in total. The third kappa shape index (κ3) is 3.45. The van der Waals surface area contributed by atoms with E-state index in [0.29, 0.717) is 22.4 Å². The van der Waals surface area contributed by atoms with Crippen molar-refractivity contribution >= 4 is 11.5 Å². The molecule has 0 bridgehead atoms. The van der Waals surface area contributed by atoms with Crippen molar-refractivity contribution in [2.45, 2.75) is 13.8 Å². The quantitative estimate of drug-likeness (QED) is 0.479. The van der Waals surface area contributed by atoms with Crippen LogP contribution >= 0.6 is 0 Å². The maximum Gasteiger partial charge on any atom is 0.272 e. The lowest BCUT2D eigenvalue weighted by atomic mass is 10.1. The SMILES string of the molecule is Cc1cc([N+](=O)[O-])c(C)cc1OCC(=O)c1ccccc1. The monoisotopic (exact) mass is 285 g/mol. The van der Waals surface area contributed by atoms with Crippen molar-refractivity contribution in [2.75, 3.05) is 6.61 Å². The van der Waals surface area contributed by atoms with Crippen LogP contribution in [-0.2, 0) is 0 Å². The number of ketones is 1. The van der Waals surface area contributed by atoms with Gasteiger partial charge in [0.15, 0.2) is 12.4 Å². The number of hydrogen-bond donors (Lipinski definition) is 0. The van der Waals surface area contributed by atoms with Crippen LogP contribution in [0.5, 0.6) is 5.75 Å². The fourth-order valence-electron chi connectivity index (χ4n) is 1.98. The molecule has 0 spiro atoms. The molecule has 2 rings (SSSR count). The second-order valence-corrected chi connectivity index (χ2v) is 4.74. The van der Waals surface area contributed by atoms with Crippen LogP contribution in [-0.4, -0.2) is 17.3 Å². The van der Waals surface area contributed by atoms with Crippen molar-refractivity contribution in [2.24, 2.45) is 0 Å². The zero-order valence-electron chi connectivity index (χ0n) is 11.8. The molecule has 0 N–H and O–H groups in total. The normalized spacial score (nSPS) is 10.2. The van der Waals surface area contributed by atoms with Gasteiger partial charge in [-0.15, -0.1) is 0 Å². The average Bonchev–Trinajstić information content (AvgIpc) is 2.48. The third-order valence-electron chi connectivity index (χ3n) is 3.14. The number of benzene rings is 2. The summed E-state index contributed by atoms with van der Waals surface area (Å²) in [6.07, 6.45) is 0. The predicted octanol–water partition coefficient (Wildman–Crippen LogP) is 3.47. The van der Waals surface area contributed by atoms with Gasteiger partial charge in [0.25, 0.3) is 5.69 Å². The molecule has 0 saturated carbocycles.